The number of aromatic nitrogens is 3. The summed E-state index contributed by atoms with van der Waals surface area (Å²) in [4.78, 5) is 14.5. The van der Waals surface area contributed by atoms with Crippen molar-refractivity contribution in [1.29, 1.82) is 0 Å². The highest BCUT2D eigenvalue weighted by Gasteiger charge is 2.15. The summed E-state index contributed by atoms with van der Waals surface area (Å²) in [5.41, 5.74) is 0. The van der Waals surface area contributed by atoms with Crippen LogP contribution in [0.2, 0.25) is 0 Å². The Morgan fingerprint density at radius 2 is 2.50 bits per heavy atom. The number of carboxylic acid groups (broad SMARTS) is 1. The molecule has 0 amide bonds. The zero-order valence-electron chi connectivity index (χ0n) is 8.05. The Morgan fingerprint density at radius 1 is 1.71 bits per heavy atom. The highest BCUT2D eigenvalue weighted by molar-refractivity contribution is 5.73. The second-order valence-corrected chi connectivity index (χ2v) is 2.90. The average Bonchev–Trinajstić information content (AvgIpc) is 2.64. The van der Waals surface area contributed by atoms with E-state index in [-0.39, 0.29) is 0 Å². The van der Waals surface area contributed by atoms with Gasteiger partial charge in [-0.15, -0.1) is 0 Å². The topological polar surface area (TPSA) is 80.0 Å². The van der Waals surface area contributed by atoms with E-state index >= 15 is 0 Å². The van der Waals surface area contributed by atoms with Crippen LogP contribution < -0.4 is 5.32 Å². The van der Waals surface area contributed by atoms with E-state index < -0.39 is 12.0 Å². The second-order valence-electron chi connectivity index (χ2n) is 2.90. The quantitative estimate of drug-likeness (QED) is 0.657. The summed E-state index contributed by atoms with van der Waals surface area (Å²) in [5.74, 6) is -0.827. The summed E-state index contributed by atoms with van der Waals surface area (Å²) in [6.45, 7) is 3.09. The minimum atomic E-state index is -0.827. The number of carboxylic acids is 1. The van der Waals surface area contributed by atoms with Crippen molar-refractivity contribution in [2.45, 2.75) is 25.9 Å². The molecule has 0 aliphatic rings. The molecule has 0 radical (unpaired) electrons. The number of hydrogen-bond acceptors (Lipinski definition) is 4. The Hall–Kier alpha value is -1.43. The summed E-state index contributed by atoms with van der Waals surface area (Å²) in [6.07, 6.45) is 3.51. The van der Waals surface area contributed by atoms with Crippen molar-refractivity contribution in [1.82, 2.24) is 20.1 Å². The Kier molecular flexibility index (Phi) is 4.06. The van der Waals surface area contributed by atoms with Crippen molar-refractivity contribution in [2.24, 2.45) is 0 Å². The fraction of sp³-hybridized carbons (Fsp3) is 0.625. The van der Waals surface area contributed by atoms with Crippen molar-refractivity contribution in [3.8, 4) is 0 Å². The van der Waals surface area contributed by atoms with Crippen LogP contribution in [-0.4, -0.2) is 38.4 Å². The van der Waals surface area contributed by atoms with Gasteiger partial charge in [0, 0.05) is 6.54 Å². The van der Waals surface area contributed by atoms with Crippen LogP contribution in [0.3, 0.4) is 0 Å². The van der Waals surface area contributed by atoms with Gasteiger partial charge in [-0.3, -0.25) is 9.48 Å². The molecular weight excluding hydrogens is 184 g/mol. The molecule has 2 N–H and O–H groups in total. The monoisotopic (exact) mass is 198 g/mol. The SMILES string of the molecule is CCNC(CCn1cncn1)C(=O)O. The van der Waals surface area contributed by atoms with Gasteiger partial charge in [0.05, 0.1) is 0 Å². The van der Waals surface area contributed by atoms with E-state index in [0.29, 0.717) is 19.5 Å². The zero-order chi connectivity index (χ0) is 10.4. The van der Waals surface area contributed by atoms with Crippen molar-refractivity contribution in [3.63, 3.8) is 0 Å². The summed E-state index contributed by atoms with van der Waals surface area (Å²) in [7, 11) is 0. The third-order valence-corrected chi connectivity index (χ3v) is 1.86. The summed E-state index contributed by atoms with van der Waals surface area (Å²) in [6, 6.07) is -0.510. The van der Waals surface area contributed by atoms with Crippen molar-refractivity contribution in [2.75, 3.05) is 6.54 Å². The third-order valence-electron chi connectivity index (χ3n) is 1.86. The van der Waals surface area contributed by atoms with Crippen LogP contribution in [0, 0.1) is 0 Å². The first kappa shape index (κ1) is 10.6. The minimum absolute atomic E-state index is 0.506. The lowest BCUT2D eigenvalue weighted by atomic mass is 10.2. The molecule has 6 heteroatoms. The molecule has 1 atom stereocenters. The van der Waals surface area contributed by atoms with Crippen LogP contribution in [0.15, 0.2) is 12.7 Å². The molecule has 1 aromatic rings. The van der Waals surface area contributed by atoms with E-state index in [1.165, 1.54) is 6.33 Å². The molecule has 0 aromatic carbocycles. The van der Waals surface area contributed by atoms with Gasteiger partial charge < -0.3 is 10.4 Å². The standard InChI is InChI=1S/C8H14N4O2/c1-2-10-7(8(13)14)3-4-12-6-9-5-11-12/h5-7,10H,2-4H2,1H3,(H,13,14). The number of carbonyl (C=O) groups is 1. The number of rotatable bonds is 6. The van der Waals surface area contributed by atoms with E-state index in [1.54, 1.807) is 11.0 Å². The molecule has 6 nitrogen and oxygen atoms in total. The fourth-order valence-electron chi connectivity index (χ4n) is 1.17. The molecule has 0 spiro atoms. The molecule has 0 aliphatic heterocycles. The smallest absolute Gasteiger partial charge is 0.320 e. The van der Waals surface area contributed by atoms with Gasteiger partial charge in [0.2, 0.25) is 0 Å². The van der Waals surface area contributed by atoms with Gasteiger partial charge in [-0.25, -0.2) is 4.98 Å². The minimum Gasteiger partial charge on any atom is -0.480 e. The first-order valence-corrected chi connectivity index (χ1v) is 4.52. The molecule has 78 valence electrons. The number of nitrogens with zero attached hydrogens (tertiary/aromatic N) is 3. The predicted octanol–water partition coefficient (Wildman–Crippen LogP) is -0.269. The molecule has 0 saturated carbocycles. The normalized spacial score (nSPS) is 12.6. The van der Waals surface area contributed by atoms with Crippen molar-refractivity contribution in [3.05, 3.63) is 12.7 Å². The summed E-state index contributed by atoms with van der Waals surface area (Å²) in [5, 5.41) is 15.6. The van der Waals surface area contributed by atoms with Gasteiger partial charge in [-0.05, 0) is 13.0 Å². The van der Waals surface area contributed by atoms with E-state index in [2.05, 4.69) is 15.4 Å². The molecule has 0 aliphatic carbocycles. The number of hydrogen-bond donors (Lipinski definition) is 2. The Bertz CT molecular complexity index is 273. The van der Waals surface area contributed by atoms with E-state index in [0.717, 1.165) is 0 Å². The van der Waals surface area contributed by atoms with Gasteiger partial charge in [0.1, 0.15) is 18.7 Å². The van der Waals surface area contributed by atoms with Gasteiger partial charge in [-0.2, -0.15) is 5.10 Å². The van der Waals surface area contributed by atoms with Crippen LogP contribution in [0.25, 0.3) is 0 Å². The highest BCUT2D eigenvalue weighted by atomic mass is 16.4. The molecular formula is C8H14N4O2. The molecule has 0 fully saturated rings. The van der Waals surface area contributed by atoms with Gasteiger partial charge >= 0.3 is 5.97 Å². The first-order valence-electron chi connectivity index (χ1n) is 4.52. The van der Waals surface area contributed by atoms with Crippen molar-refractivity contribution < 1.29 is 9.90 Å². The fourth-order valence-corrected chi connectivity index (χ4v) is 1.17. The summed E-state index contributed by atoms with van der Waals surface area (Å²) >= 11 is 0. The van der Waals surface area contributed by atoms with Crippen LogP contribution in [0.5, 0.6) is 0 Å². The van der Waals surface area contributed by atoms with E-state index in [1.807, 2.05) is 6.92 Å². The molecule has 0 saturated heterocycles. The Labute approximate surface area is 82.0 Å². The van der Waals surface area contributed by atoms with E-state index in [9.17, 15) is 4.79 Å². The Morgan fingerprint density at radius 3 is 3.00 bits per heavy atom. The molecule has 1 heterocycles. The number of nitrogens with one attached hydrogen (secondary N) is 1. The van der Waals surface area contributed by atoms with Crippen LogP contribution in [0.4, 0.5) is 0 Å². The van der Waals surface area contributed by atoms with Crippen LogP contribution in [-0.2, 0) is 11.3 Å². The molecule has 1 unspecified atom stereocenters. The highest BCUT2D eigenvalue weighted by Crippen LogP contribution is 1.95. The Balaban J connectivity index is 2.37. The van der Waals surface area contributed by atoms with E-state index in [4.69, 9.17) is 5.11 Å². The first-order chi connectivity index (χ1) is 6.74. The number of likely N-dealkylation sites (N-methyl/N-ethyl adjacent to an activating group) is 1. The molecule has 1 rings (SSSR count). The van der Waals surface area contributed by atoms with Crippen LogP contribution >= 0.6 is 0 Å². The maximum absolute atomic E-state index is 10.7. The second kappa shape index (κ2) is 5.33. The largest absolute Gasteiger partial charge is 0.480 e. The third kappa shape index (κ3) is 3.14. The number of aryl methyl sites for hydroxylation is 1. The summed E-state index contributed by atoms with van der Waals surface area (Å²) < 4.78 is 1.62. The zero-order valence-corrected chi connectivity index (χ0v) is 8.05. The van der Waals surface area contributed by atoms with Crippen LogP contribution in [0.1, 0.15) is 13.3 Å². The average molecular weight is 198 g/mol. The number of aliphatic carboxylic acids is 1. The molecule has 1 aromatic heterocycles. The lowest BCUT2D eigenvalue weighted by Crippen LogP contribution is -2.37. The maximum atomic E-state index is 10.7. The maximum Gasteiger partial charge on any atom is 0.320 e. The molecule has 0 bridgehead atoms. The molecule has 14 heavy (non-hydrogen) atoms. The van der Waals surface area contributed by atoms with Gasteiger partial charge in [0.15, 0.2) is 0 Å². The van der Waals surface area contributed by atoms with Gasteiger partial charge in [-0.1, -0.05) is 6.92 Å². The van der Waals surface area contributed by atoms with Gasteiger partial charge in [0.25, 0.3) is 0 Å². The van der Waals surface area contributed by atoms with Crippen molar-refractivity contribution >= 4 is 5.97 Å². The predicted molar refractivity (Wildman–Crippen MR) is 49.7 cm³/mol. The lowest BCUT2D eigenvalue weighted by molar-refractivity contribution is -0.139. The lowest BCUT2D eigenvalue weighted by Gasteiger charge is -2.12.